The maximum atomic E-state index is 11.7. The number of carboxylic acids is 1. The van der Waals surface area contributed by atoms with Gasteiger partial charge >= 0.3 is 5.97 Å². The zero-order valence-electron chi connectivity index (χ0n) is 9.31. The molecule has 0 aromatic carbocycles. The van der Waals surface area contributed by atoms with Gasteiger partial charge in [-0.1, -0.05) is 6.92 Å². The second-order valence-corrected chi connectivity index (χ2v) is 4.38. The Morgan fingerprint density at radius 1 is 1.59 bits per heavy atom. The van der Waals surface area contributed by atoms with Gasteiger partial charge in [-0.2, -0.15) is 0 Å². The molecule has 0 fully saturated rings. The van der Waals surface area contributed by atoms with Gasteiger partial charge in [0.15, 0.2) is 0 Å². The number of carbonyl (C=O) groups is 2. The second kappa shape index (κ2) is 6.34. The zero-order valence-corrected chi connectivity index (χ0v) is 10.9. The summed E-state index contributed by atoms with van der Waals surface area (Å²) in [6.07, 6.45) is 1.98. The minimum Gasteiger partial charge on any atom is -0.481 e. The average molecular weight is 301 g/mol. The highest BCUT2D eigenvalue weighted by atomic mass is 79.9. The number of aliphatic carboxylic acids is 1. The minimum absolute atomic E-state index is 0.262. The van der Waals surface area contributed by atoms with E-state index in [1.54, 1.807) is 25.3 Å². The van der Waals surface area contributed by atoms with Crippen LogP contribution in [0.2, 0.25) is 0 Å². The third kappa shape index (κ3) is 4.14. The molecular weight excluding hydrogens is 288 g/mol. The predicted octanol–water partition coefficient (Wildman–Crippen LogP) is 1.68. The molecule has 0 saturated carbocycles. The lowest BCUT2D eigenvalue weighted by molar-refractivity contribution is -0.141. The van der Waals surface area contributed by atoms with Crippen molar-refractivity contribution in [2.24, 2.45) is 5.92 Å². The first-order valence-electron chi connectivity index (χ1n) is 5.14. The van der Waals surface area contributed by atoms with Crippen LogP contribution in [0.15, 0.2) is 22.9 Å². The van der Waals surface area contributed by atoms with Gasteiger partial charge in [0.2, 0.25) is 0 Å². The third-order valence-electron chi connectivity index (χ3n) is 2.29. The van der Waals surface area contributed by atoms with Gasteiger partial charge in [0, 0.05) is 12.7 Å². The average Bonchev–Trinajstić information content (AvgIpc) is 2.29. The molecule has 1 unspecified atom stereocenters. The van der Waals surface area contributed by atoms with Crippen molar-refractivity contribution in [2.75, 3.05) is 6.54 Å². The van der Waals surface area contributed by atoms with Gasteiger partial charge in [-0.25, -0.2) is 4.98 Å². The smallest absolute Gasteiger partial charge is 0.306 e. The number of pyridine rings is 1. The Bertz CT molecular complexity index is 423. The summed E-state index contributed by atoms with van der Waals surface area (Å²) in [6, 6.07) is 3.31. The van der Waals surface area contributed by atoms with E-state index in [-0.39, 0.29) is 5.91 Å². The number of carboxylic acid groups (broad SMARTS) is 1. The van der Waals surface area contributed by atoms with E-state index >= 15 is 0 Å². The predicted molar refractivity (Wildman–Crippen MR) is 65.7 cm³/mol. The fourth-order valence-electron chi connectivity index (χ4n) is 1.18. The maximum absolute atomic E-state index is 11.7. The first kappa shape index (κ1) is 13.6. The van der Waals surface area contributed by atoms with E-state index in [0.29, 0.717) is 23.1 Å². The molecule has 1 aromatic rings. The van der Waals surface area contributed by atoms with Crippen molar-refractivity contribution in [3.63, 3.8) is 0 Å². The summed E-state index contributed by atoms with van der Waals surface area (Å²) in [7, 11) is 0. The standard InChI is InChI=1S/C11H13BrN2O3/c1-7(11(16)17)4-6-14-10(15)8-3-2-5-13-9(8)12/h2-3,5,7H,4,6H2,1H3,(H,14,15)(H,16,17). The molecule has 6 heteroatoms. The molecule has 1 rings (SSSR count). The number of rotatable bonds is 5. The van der Waals surface area contributed by atoms with E-state index in [1.807, 2.05) is 0 Å². The molecule has 0 spiro atoms. The monoisotopic (exact) mass is 300 g/mol. The van der Waals surface area contributed by atoms with Crippen LogP contribution in [0.5, 0.6) is 0 Å². The fraction of sp³-hybridized carbons (Fsp3) is 0.364. The van der Waals surface area contributed by atoms with Gasteiger partial charge in [0.25, 0.3) is 5.91 Å². The molecular formula is C11H13BrN2O3. The van der Waals surface area contributed by atoms with Gasteiger partial charge in [-0.15, -0.1) is 0 Å². The van der Waals surface area contributed by atoms with Gasteiger partial charge < -0.3 is 10.4 Å². The molecule has 2 N–H and O–H groups in total. The van der Waals surface area contributed by atoms with Crippen molar-refractivity contribution in [3.05, 3.63) is 28.5 Å². The fourth-order valence-corrected chi connectivity index (χ4v) is 1.61. The summed E-state index contributed by atoms with van der Waals surface area (Å²) in [5.74, 6) is -1.59. The summed E-state index contributed by atoms with van der Waals surface area (Å²) >= 11 is 3.17. The Kier molecular flexibility index (Phi) is 5.09. The van der Waals surface area contributed by atoms with Crippen LogP contribution in [-0.2, 0) is 4.79 Å². The van der Waals surface area contributed by atoms with Crippen molar-refractivity contribution >= 4 is 27.8 Å². The Hall–Kier alpha value is -1.43. The highest BCUT2D eigenvalue weighted by Gasteiger charge is 2.13. The van der Waals surface area contributed by atoms with E-state index in [0.717, 1.165) is 0 Å². The van der Waals surface area contributed by atoms with Crippen LogP contribution >= 0.6 is 15.9 Å². The van der Waals surface area contributed by atoms with Crippen LogP contribution in [0.25, 0.3) is 0 Å². The number of hydrogen-bond acceptors (Lipinski definition) is 3. The lowest BCUT2D eigenvalue weighted by atomic mass is 10.1. The molecule has 1 heterocycles. The molecule has 0 saturated heterocycles. The van der Waals surface area contributed by atoms with Crippen LogP contribution in [0.4, 0.5) is 0 Å². The number of halogens is 1. The molecule has 0 radical (unpaired) electrons. The topological polar surface area (TPSA) is 79.3 Å². The van der Waals surface area contributed by atoms with Crippen molar-refractivity contribution < 1.29 is 14.7 Å². The van der Waals surface area contributed by atoms with Crippen LogP contribution in [0, 0.1) is 5.92 Å². The van der Waals surface area contributed by atoms with E-state index < -0.39 is 11.9 Å². The first-order chi connectivity index (χ1) is 8.02. The number of hydrogen-bond donors (Lipinski definition) is 2. The molecule has 5 nitrogen and oxygen atoms in total. The van der Waals surface area contributed by atoms with Crippen molar-refractivity contribution in [1.82, 2.24) is 10.3 Å². The molecule has 0 aliphatic rings. The largest absolute Gasteiger partial charge is 0.481 e. The zero-order chi connectivity index (χ0) is 12.8. The SMILES string of the molecule is CC(CCNC(=O)c1cccnc1Br)C(=O)O. The Balaban J connectivity index is 2.46. The highest BCUT2D eigenvalue weighted by molar-refractivity contribution is 9.10. The Morgan fingerprint density at radius 3 is 2.88 bits per heavy atom. The number of amides is 1. The van der Waals surface area contributed by atoms with Crippen molar-refractivity contribution in [3.8, 4) is 0 Å². The number of nitrogens with zero attached hydrogens (tertiary/aromatic N) is 1. The molecule has 1 atom stereocenters. The van der Waals surface area contributed by atoms with Crippen LogP contribution in [0.1, 0.15) is 23.7 Å². The highest BCUT2D eigenvalue weighted by Crippen LogP contribution is 2.12. The summed E-state index contributed by atoms with van der Waals surface area (Å²) in [5, 5.41) is 11.3. The molecule has 0 aliphatic carbocycles. The maximum Gasteiger partial charge on any atom is 0.306 e. The van der Waals surface area contributed by atoms with E-state index in [1.165, 1.54) is 0 Å². The lowest BCUT2D eigenvalue weighted by Gasteiger charge is -2.08. The number of carbonyl (C=O) groups excluding carboxylic acids is 1. The Morgan fingerprint density at radius 2 is 2.29 bits per heavy atom. The van der Waals surface area contributed by atoms with Gasteiger partial charge in [-0.3, -0.25) is 9.59 Å². The quantitative estimate of drug-likeness (QED) is 0.811. The van der Waals surface area contributed by atoms with Gasteiger partial charge in [-0.05, 0) is 34.5 Å². The van der Waals surface area contributed by atoms with Crippen LogP contribution in [0.3, 0.4) is 0 Å². The normalized spacial score (nSPS) is 11.9. The Labute approximate surface area is 107 Å². The molecule has 17 heavy (non-hydrogen) atoms. The molecule has 1 amide bonds. The summed E-state index contributed by atoms with van der Waals surface area (Å²) in [4.78, 5) is 26.2. The lowest BCUT2D eigenvalue weighted by Crippen LogP contribution is -2.27. The third-order valence-corrected chi connectivity index (χ3v) is 2.92. The van der Waals surface area contributed by atoms with Crippen LogP contribution < -0.4 is 5.32 Å². The number of aromatic nitrogens is 1. The van der Waals surface area contributed by atoms with E-state index in [2.05, 4.69) is 26.2 Å². The van der Waals surface area contributed by atoms with Gasteiger partial charge in [0.1, 0.15) is 4.60 Å². The summed E-state index contributed by atoms with van der Waals surface area (Å²) in [6.45, 7) is 1.93. The second-order valence-electron chi connectivity index (χ2n) is 3.63. The minimum atomic E-state index is -0.859. The molecule has 0 bridgehead atoms. The molecule has 92 valence electrons. The van der Waals surface area contributed by atoms with E-state index in [4.69, 9.17) is 5.11 Å². The van der Waals surface area contributed by atoms with Crippen molar-refractivity contribution in [2.45, 2.75) is 13.3 Å². The molecule has 1 aromatic heterocycles. The van der Waals surface area contributed by atoms with Gasteiger partial charge in [0.05, 0.1) is 11.5 Å². The number of nitrogens with one attached hydrogen (secondary N) is 1. The summed E-state index contributed by atoms with van der Waals surface area (Å²) < 4.78 is 0.476. The first-order valence-corrected chi connectivity index (χ1v) is 5.93. The van der Waals surface area contributed by atoms with Crippen LogP contribution in [-0.4, -0.2) is 28.5 Å². The molecule has 0 aliphatic heterocycles. The summed E-state index contributed by atoms with van der Waals surface area (Å²) in [5.41, 5.74) is 0.440. The van der Waals surface area contributed by atoms with Crippen molar-refractivity contribution in [1.29, 1.82) is 0 Å². The van der Waals surface area contributed by atoms with E-state index in [9.17, 15) is 9.59 Å².